The molecule has 2 aromatic heterocycles. The second-order valence-electron chi connectivity index (χ2n) is 13.1. The minimum atomic E-state index is -1.36. The van der Waals surface area contributed by atoms with Crippen LogP contribution in [0.4, 0.5) is 0 Å². The fourth-order valence-corrected chi connectivity index (χ4v) is 9.31. The fourth-order valence-electron chi connectivity index (χ4n) is 6.00. The van der Waals surface area contributed by atoms with Crippen molar-refractivity contribution in [3.63, 3.8) is 0 Å². The number of aryl methyl sites for hydroxylation is 2. The normalized spacial score (nSPS) is 12.7. The van der Waals surface area contributed by atoms with E-state index in [9.17, 15) is 14.7 Å². The van der Waals surface area contributed by atoms with Gasteiger partial charge >= 0.3 is 11.9 Å². The fraction of sp³-hybridized carbons (Fsp3) is 0.300. The highest BCUT2D eigenvalue weighted by Crippen LogP contribution is 2.45. The number of hydrogen-bond acceptors (Lipinski definition) is 10. The average Bonchev–Trinajstić information content (AvgIpc) is 3.66. The van der Waals surface area contributed by atoms with E-state index in [4.69, 9.17) is 37.4 Å². The molecular formula is C40H38Br2Cl2N2O6S2. The standard InChI is InChI=1S/C22H23BrClNO3S.C18H15BrClNO3S/c1-6-27-20(26)18(28-22(3,4)5)16-12(2)11-15-19(29-21(23)25-15)17(16)13-7-9-14(24)10-8-13;1-3-24-17(23)15(22)13-9(2)8-12-16(25-18(19)21-12)14(13)10-4-6-11(20)7-5-10/h7-11,18H,6H2,1-5H3;4-8,15,22H,3H2,1-2H3/t18-;15-/m00/s1. The predicted octanol–water partition coefficient (Wildman–Crippen LogP) is 12.4. The van der Waals surface area contributed by atoms with Crippen LogP contribution in [-0.4, -0.2) is 45.8 Å². The summed E-state index contributed by atoms with van der Waals surface area (Å²) in [5.41, 5.74) is 7.65. The summed E-state index contributed by atoms with van der Waals surface area (Å²) >= 11 is 22.0. The van der Waals surface area contributed by atoms with Crippen LogP contribution in [0.5, 0.6) is 0 Å². The van der Waals surface area contributed by atoms with E-state index in [1.165, 1.54) is 22.7 Å². The van der Waals surface area contributed by atoms with Gasteiger partial charge in [-0.25, -0.2) is 19.6 Å². The second-order valence-corrected chi connectivity index (χ2v) is 18.5. The molecule has 1 N–H and O–H groups in total. The topological polar surface area (TPSA) is 108 Å². The van der Waals surface area contributed by atoms with Gasteiger partial charge in [-0.05, 0) is 139 Å². The molecule has 4 aromatic carbocycles. The van der Waals surface area contributed by atoms with Crippen LogP contribution in [0.1, 0.15) is 69.1 Å². The highest BCUT2D eigenvalue weighted by molar-refractivity contribution is 9.11. The van der Waals surface area contributed by atoms with Crippen LogP contribution in [0.3, 0.4) is 0 Å². The van der Waals surface area contributed by atoms with Crippen molar-refractivity contribution in [1.82, 2.24) is 9.97 Å². The minimum Gasteiger partial charge on any atom is -0.464 e. The monoisotopic (exact) mass is 934 g/mol. The van der Waals surface area contributed by atoms with Crippen LogP contribution in [0.25, 0.3) is 42.7 Å². The zero-order valence-corrected chi connectivity index (χ0v) is 36.9. The molecule has 284 valence electrons. The average molecular weight is 938 g/mol. The predicted molar refractivity (Wildman–Crippen MR) is 227 cm³/mol. The number of nitrogens with zero attached hydrogens (tertiary/aromatic N) is 2. The van der Waals surface area contributed by atoms with Crippen LogP contribution in [0, 0.1) is 13.8 Å². The molecule has 0 aliphatic rings. The molecule has 8 nitrogen and oxygen atoms in total. The summed E-state index contributed by atoms with van der Waals surface area (Å²) in [6.07, 6.45) is -2.22. The van der Waals surface area contributed by atoms with Gasteiger partial charge in [-0.1, -0.05) is 47.5 Å². The summed E-state index contributed by atoms with van der Waals surface area (Å²) in [6.45, 7) is 13.6. The van der Waals surface area contributed by atoms with E-state index < -0.39 is 29.7 Å². The molecule has 0 spiro atoms. The van der Waals surface area contributed by atoms with Crippen molar-refractivity contribution >= 4 is 110 Å². The lowest BCUT2D eigenvalue weighted by Crippen LogP contribution is -2.29. The zero-order chi connectivity index (χ0) is 39.5. The van der Waals surface area contributed by atoms with Gasteiger partial charge < -0.3 is 19.3 Å². The molecule has 0 radical (unpaired) electrons. The number of benzene rings is 4. The number of carbonyl (C=O) groups excluding carboxylic acids is 2. The van der Waals surface area contributed by atoms with Crippen molar-refractivity contribution in [2.75, 3.05) is 13.2 Å². The number of carbonyl (C=O) groups is 2. The molecule has 0 amide bonds. The van der Waals surface area contributed by atoms with Crippen LogP contribution in [-0.2, 0) is 23.8 Å². The molecule has 0 fully saturated rings. The first-order chi connectivity index (χ1) is 25.5. The van der Waals surface area contributed by atoms with Gasteiger partial charge in [0.15, 0.2) is 20.0 Å². The lowest BCUT2D eigenvalue weighted by atomic mass is 9.91. The molecule has 6 aromatic rings. The number of fused-ring (bicyclic) bond motifs is 2. The number of aliphatic hydroxyl groups is 1. The second kappa shape index (κ2) is 17.9. The molecule has 2 atom stereocenters. The molecule has 14 heteroatoms. The maximum absolute atomic E-state index is 13.0. The first-order valence-electron chi connectivity index (χ1n) is 16.9. The molecule has 0 bridgehead atoms. The van der Waals surface area contributed by atoms with Gasteiger partial charge in [0.05, 0.1) is 39.2 Å². The lowest BCUT2D eigenvalue weighted by Gasteiger charge is -2.29. The van der Waals surface area contributed by atoms with E-state index >= 15 is 0 Å². The largest absolute Gasteiger partial charge is 0.464 e. The summed E-state index contributed by atoms with van der Waals surface area (Å²) in [7, 11) is 0. The number of aromatic nitrogens is 2. The first-order valence-corrected chi connectivity index (χ1v) is 20.9. The highest BCUT2D eigenvalue weighted by atomic mass is 79.9. The van der Waals surface area contributed by atoms with Gasteiger partial charge in [0.25, 0.3) is 0 Å². The third kappa shape index (κ3) is 9.70. The van der Waals surface area contributed by atoms with Crippen LogP contribution >= 0.6 is 77.7 Å². The highest BCUT2D eigenvalue weighted by Gasteiger charge is 2.33. The van der Waals surface area contributed by atoms with Crippen LogP contribution < -0.4 is 0 Å². The van der Waals surface area contributed by atoms with Crippen LogP contribution in [0.2, 0.25) is 10.0 Å². The molecule has 2 heterocycles. The Morgan fingerprint density at radius 3 is 1.57 bits per heavy atom. The van der Waals surface area contributed by atoms with E-state index in [2.05, 4.69) is 41.8 Å². The van der Waals surface area contributed by atoms with Gasteiger partial charge in [-0.15, -0.1) is 22.7 Å². The molecule has 0 unspecified atom stereocenters. The van der Waals surface area contributed by atoms with Crippen molar-refractivity contribution in [1.29, 1.82) is 0 Å². The third-order valence-corrected chi connectivity index (χ3v) is 11.7. The Kier molecular flexibility index (Phi) is 14.0. The Morgan fingerprint density at radius 1 is 0.741 bits per heavy atom. The summed E-state index contributed by atoms with van der Waals surface area (Å²) in [4.78, 5) is 34.2. The van der Waals surface area contributed by atoms with Crippen molar-refractivity contribution in [2.24, 2.45) is 0 Å². The quantitative estimate of drug-likeness (QED) is 0.143. The van der Waals surface area contributed by atoms with Gasteiger partial charge in [0.2, 0.25) is 0 Å². The molecule has 0 saturated carbocycles. The molecule has 0 aliphatic carbocycles. The van der Waals surface area contributed by atoms with Crippen molar-refractivity contribution in [3.05, 3.63) is 101 Å². The first kappa shape index (κ1) is 42.2. The smallest absolute Gasteiger partial charge is 0.339 e. The molecule has 6 rings (SSSR count). The van der Waals surface area contributed by atoms with E-state index in [1.807, 2.05) is 83.1 Å². The zero-order valence-electron chi connectivity index (χ0n) is 30.6. The molecule has 0 saturated heterocycles. The van der Waals surface area contributed by atoms with Crippen LogP contribution in [0.15, 0.2) is 68.5 Å². The van der Waals surface area contributed by atoms with Crippen molar-refractivity contribution in [3.8, 4) is 22.3 Å². The van der Waals surface area contributed by atoms with Gasteiger partial charge in [0, 0.05) is 32.3 Å². The summed E-state index contributed by atoms with van der Waals surface area (Å²) in [5, 5.41) is 11.9. The Balaban J connectivity index is 0.000000210. The number of hydrogen-bond donors (Lipinski definition) is 1. The molecule has 0 aliphatic heterocycles. The summed E-state index contributed by atoms with van der Waals surface area (Å²) in [6, 6.07) is 18.7. The summed E-state index contributed by atoms with van der Waals surface area (Å²) in [5.74, 6) is -1.06. The van der Waals surface area contributed by atoms with Gasteiger partial charge in [-0.2, -0.15) is 0 Å². The van der Waals surface area contributed by atoms with Crippen molar-refractivity contribution in [2.45, 2.75) is 66.3 Å². The third-order valence-electron chi connectivity index (χ3n) is 8.09. The maximum atomic E-state index is 13.0. The van der Waals surface area contributed by atoms with E-state index in [0.29, 0.717) is 15.6 Å². The lowest BCUT2D eigenvalue weighted by molar-refractivity contribution is -0.166. The minimum absolute atomic E-state index is 0.208. The SMILES string of the molecule is CCOC(=O)[C@@H](O)c1c(C)cc2nc(Br)sc2c1-c1ccc(Cl)cc1.CCOC(=O)[C@@H](OC(C)(C)C)c1c(C)cc2nc(Br)sc2c1-c1ccc(Cl)cc1. The number of thiazole rings is 2. The molecule has 54 heavy (non-hydrogen) atoms. The Bertz CT molecular complexity index is 2310. The Hall–Kier alpha value is -2.94. The van der Waals surface area contributed by atoms with E-state index in [-0.39, 0.29) is 13.2 Å². The van der Waals surface area contributed by atoms with E-state index in [1.54, 1.807) is 26.0 Å². The Labute approximate surface area is 349 Å². The van der Waals surface area contributed by atoms with Gasteiger partial charge in [0.1, 0.15) is 0 Å². The number of halogens is 4. The Morgan fingerprint density at radius 2 is 1.15 bits per heavy atom. The number of rotatable bonds is 9. The van der Waals surface area contributed by atoms with Crippen molar-refractivity contribution < 1.29 is 28.9 Å². The number of aliphatic hydroxyl groups excluding tert-OH is 1. The molecular weight excluding hydrogens is 899 g/mol. The van der Waals surface area contributed by atoms with E-state index in [0.717, 1.165) is 67.2 Å². The summed E-state index contributed by atoms with van der Waals surface area (Å²) < 4.78 is 20.0. The van der Waals surface area contributed by atoms with Gasteiger partial charge in [-0.3, -0.25) is 0 Å². The maximum Gasteiger partial charge on any atom is 0.339 e. The number of ether oxygens (including phenoxy) is 3. The number of esters is 2.